The lowest BCUT2D eigenvalue weighted by Crippen LogP contribution is -2.27. The number of amides is 1. The first-order chi connectivity index (χ1) is 13.8. The molecule has 3 aromatic rings. The molecule has 29 heavy (non-hydrogen) atoms. The molecular formula is C21H19F3N4O. The van der Waals surface area contributed by atoms with Gasteiger partial charge in [-0.15, -0.1) is 5.10 Å². The van der Waals surface area contributed by atoms with Gasteiger partial charge < -0.3 is 4.90 Å². The van der Waals surface area contributed by atoms with E-state index in [1.807, 2.05) is 30.3 Å². The molecule has 8 heteroatoms. The van der Waals surface area contributed by atoms with Crippen molar-refractivity contribution in [3.8, 4) is 5.69 Å². The molecule has 0 radical (unpaired) electrons. The van der Waals surface area contributed by atoms with E-state index in [4.69, 9.17) is 0 Å². The Hall–Kier alpha value is -3.16. The molecule has 0 atom stereocenters. The first-order valence-corrected chi connectivity index (χ1v) is 9.27. The summed E-state index contributed by atoms with van der Waals surface area (Å²) in [4.78, 5) is 14.5. The summed E-state index contributed by atoms with van der Waals surface area (Å²) < 4.78 is 39.9. The molecule has 0 spiro atoms. The van der Waals surface area contributed by atoms with Crippen molar-refractivity contribution in [3.63, 3.8) is 0 Å². The summed E-state index contributed by atoms with van der Waals surface area (Å²) in [6.07, 6.45) is -2.43. The second-order valence-electron chi connectivity index (χ2n) is 7.20. The molecule has 1 heterocycles. The molecule has 0 N–H and O–H groups in total. The number of halogens is 3. The Labute approximate surface area is 165 Å². The van der Waals surface area contributed by atoms with Gasteiger partial charge in [0.2, 0.25) is 0 Å². The highest BCUT2D eigenvalue weighted by molar-refractivity contribution is 5.93. The molecular weight excluding hydrogens is 381 g/mol. The summed E-state index contributed by atoms with van der Waals surface area (Å²) in [5, 5.41) is 8.33. The monoisotopic (exact) mass is 400 g/mol. The second kappa shape index (κ2) is 7.35. The molecule has 0 bridgehead atoms. The van der Waals surface area contributed by atoms with Gasteiger partial charge in [0.1, 0.15) is 0 Å². The van der Waals surface area contributed by atoms with Gasteiger partial charge in [0.25, 0.3) is 5.91 Å². The molecule has 1 fully saturated rings. The highest BCUT2D eigenvalue weighted by Crippen LogP contribution is 2.42. The Kier molecular flexibility index (Phi) is 4.86. The highest BCUT2D eigenvalue weighted by atomic mass is 19.4. The van der Waals surface area contributed by atoms with E-state index in [2.05, 4.69) is 10.3 Å². The molecule has 1 aliphatic carbocycles. The number of rotatable bonds is 5. The van der Waals surface area contributed by atoms with Gasteiger partial charge in [-0.25, -0.2) is 4.68 Å². The van der Waals surface area contributed by atoms with E-state index in [1.54, 1.807) is 11.7 Å². The molecule has 1 aromatic heterocycles. The quantitative estimate of drug-likeness (QED) is 0.636. The van der Waals surface area contributed by atoms with Crippen molar-refractivity contribution in [2.24, 2.45) is 0 Å². The summed E-state index contributed by atoms with van der Waals surface area (Å²) in [5.74, 6) is -0.0578. The lowest BCUT2D eigenvalue weighted by Gasteiger charge is -2.17. The van der Waals surface area contributed by atoms with Crippen molar-refractivity contribution < 1.29 is 18.0 Å². The number of carbonyl (C=O) groups is 1. The van der Waals surface area contributed by atoms with Crippen molar-refractivity contribution in [2.75, 3.05) is 7.05 Å². The molecule has 5 nitrogen and oxygen atoms in total. The van der Waals surface area contributed by atoms with Crippen LogP contribution in [0.5, 0.6) is 0 Å². The zero-order valence-corrected chi connectivity index (χ0v) is 15.7. The van der Waals surface area contributed by atoms with Gasteiger partial charge in [0.05, 0.1) is 16.9 Å². The fourth-order valence-electron chi connectivity index (χ4n) is 3.25. The number of benzene rings is 2. The van der Waals surface area contributed by atoms with Gasteiger partial charge in [-0.3, -0.25) is 4.79 Å². The highest BCUT2D eigenvalue weighted by Gasteiger charge is 2.35. The van der Waals surface area contributed by atoms with E-state index in [0.29, 0.717) is 11.3 Å². The Balaban J connectivity index is 1.56. The summed E-state index contributed by atoms with van der Waals surface area (Å²) in [6.45, 7) is 0.180. The zero-order chi connectivity index (χ0) is 20.6. The maximum atomic E-state index is 13.0. The summed E-state index contributed by atoms with van der Waals surface area (Å²) in [5.41, 5.74) is 1.83. The minimum Gasteiger partial charge on any atom is -0.336 e. The largest absolute Gasteiger partial charge is 0.416 e. The van der Waals surface area contributed by atoms with Crippen LogP contribution in [0.25, 0.3) is 5.69 Å². The van der Waals surface area contributed by atoms with Gasteiger partial charge in [0.15, 0.2) is 5.69 Å². The van der Waals surface area contributed by atoms with Crippen LogP contribution in [0.15, 0.2) is 54.6 Å². The molecule has 4 rings (SSSR count). The van der Waals surface area contributed by atoms with Crippen LogP contribution in [-0.4, -0.2) is 32.8 Å². The number of nitrogens with zero attached hydrogens (tertiary/aromatic N) is 4. The number of carbonyl (C=O) groups excluding carboxylic acids is 1. The molecule has 2 aromatic carbocycles. The second-order valence-corrected chi connectivity index (χ2v) is 7.20. The molecule has 150 valence electrons. The van der Waals surface area contributed by atoms with E-state index in [0.717, 1.165) is 36.4 Å². The predicted molar refractivity (Wildman–Crippen MR) is 101 cm³/mol. The van der Waals surface area contributed by atoms with Crippen LogP contribution < -0.4 is 0 Å². The lowest BCUT2D eigenvalue weighted by atomic mass is 10.1. The van der Waals surface area contributed by atoms with Crippen LogP contribution in [0.1, 0.15) is 46.1 Å². The third-order valence-corrected chi connectivity index (χ3v) is 4.92. The van der Waals surface area contributed by atoms with E-state index < -0.39 is 11.7 Å². The van der Waals surface area contributed by atoms with E-state index >= 15 is 0 Å². The smallest absolute Gasteiger partial charge is 0.336 e. The van der Waals surface area contributed by atoms with Crippen LogP contribution in [0.2, 0.25) is 0 Å². The molecule has 1 aliphatic rings. The molecule has 0 unspecified atom stereocenters. The minimum atomic E-state index is -4.38. The average molecular weight is 400 g/mol. The van der Waals surface area contributed by atoms with Crippen molar-refractivity contribution in [1.29, 1.82) is 0 Å². The molecule has 1 amide bonds. The Morgan fingerprint density at radius 3 is 2.34 bits per heavy atom. The minimum absolute atomic E-state index is 0.180. The van der Waals surface area contributed by atoms with Crippen LogP contribution in [-0.2, 0) is 12.7 Å². The van der Waals surface area contributed by atoms with Crippen LogP contribution in [0, 0.1) is 0 Å². The SMILES string of the molecule is CN(Cc1ccc(C(F)(F)F)cc1)C(=O)c1nnn(-c2ccccc2)c1C1CC1. The fraction of sp³-hybridized carbons (Fsp3) is 0.286. The van der Waals surface area contributed by atoms with Crippen molar-refractivity contribution >= 4 is 5.91 Å². The number of hydrogen-bond acceptors (Lipinski definition) is 3. The van der Waals surface area contributed by atoms with E-state index in [9.17, 15) is 18.0 Å². The normalized spacial score (nSPS) is 14.1. The third kappa shape index (κ3) is 4.01. The summed E-state index contributed by atoms with van der Waals surface area (Å²) in [7, 11) is 1.61. The van der Waals surface area contributed by atoms with Gasteiger partial charge in [-0.05, 0) is 42.7 Å². The van der Waals surface area contributed by atoms with Gasteiger partial charge in [-0.2, -0.15) is 13.2 Å². The number of hydrogen-bond donors (Lipinski definition) is 0. The van der Waals surface area contributed by atoms with Crippen molar-refractivity contribution in [3.05, 3.63) is 77.1 Å². The predicted octanol–water partition coefficient (Wildman–Crippen LogP) is 4.44. The van der Waals surface area contributed by atoms with Gasteiger partial charge in [-0.1, -0.05) is 35.5 Å². The van der Waals surface area contributed by atoms with Crippen LogP contribution >= 0.6 is 0 Å². The van der Waals surface area contributed by atoms with Crippen molar-refractivity contribution in [1.82, 2.24) is 19.9 Å². The standard InChI is InChI=1S/C21H19F3N4O/c1-27(13-14-7-11-16(12-8-14)21(22,23)24)20(29)18-19(15-9-10-15)28(26-25-18)17-5-3-2-4-6-17/h2-8,11-12,15H,9-10,13H2,1H3. The van der Waals surface area contributed by atoms with Crippen molar-refractivity contribution in [2.45, 2.75) is 31.5 Å². The Morgan fingerprint density at radius 1 is 1.10 bits per heavy atom. The molecule has 0 aliphatic heterocycles. The summed E-state index contributed by atoms with van der Waals surface area (Å²) >= 11 is 0. The molecule has 0 saturated heterocycles. The third-order valence-electron chi connectivity index (χ3n) is 4.92. The van der Waals surface area contributed by atoms with Crippen LogP contribution in [0.4, 0.5) is 13.2 Å². The maximum absolute atomic E-state index is 13.0. The first kappa shape index (κ1) is 19.2. The number of para-hydroxylation sites is 1. The van der Waals surface area contributed by atoms with Crippen LogP contribution in [0.3, 0.4) is 0 Å². The maximum Gasteiger partial charge on any atom is 0.416 e. The fourth-order valence-corrected chi connectivity index (χ4v) is 3.25. The average Bonchev–Trinajstić information content (AvgIpc) is 3.45. The summed E-state index contributed by atoms with van der Waals surface area (Å²) in [6, 6.07) is 14.3. The topological polar surface area (TPSA) is 51.0 Å². The lowest BCUT2D eigenvalue weighted by molar-refractivity contribution is -0.137. The van der Waals surface area contributed by atoms with E-state index in [-0.39, 0.29) is 18.4 Å². The number of aromatic nitrogens is 3. The number of alkyl halides is 3. The van der Waals surface area contributed by atoms with Gasteiger partial charge in [0, 0.05) is 19.5 Å². The molecule has 1 saturated carbocycles. The Bertz CT molecular complexity index is 1010. The Morgan fingerprint density at radius 2 is 1.76 bits per heavy atom. The first-order valence-electron chi connectivity index (χ1n) is 9.27. The van der Waals surface area contributed by atoms with Gasteiger partial charge >= 0.3 is 6.18 Å². The van der Waals surface area contributed by atoms with E-state index in [1.165, 1.54) is 17.0 Å². The zero-order valence-electron chi connectivity index (χ0n) is 15.7.